The fraction of sp³-hybridized carbons (Fsp3) is 0. The van der Waals surface area contributed by atoms with Crippen LogP contribution in [0.5, 0.6) is 0 Å². The minimum Gasteiger partial charge on any atom is -0.456 e. The Morgan fingerprint density at radius 3 is 1.46 bits per heavy atom. The molecule has 0 saturated carbocycles. The minimum absolute atomic E-state index is 0.828. The van der Waals surface area contributed by atoms with Gasteiger partial charge in [0.05, 0.1) is 22.7 Å². The first kappa shape index (κ1) is 50.5. The molecule has 0 fully saturated rings. The minimum atomic E-state index is 0.828. The number of thiophene rings is 2. The van der Waals surface area contributed by atoms with Gasteiger partial charge in [0.15, 0.2) is 11.2 Å². The Kier molecular flexibility index (Phi) is 10.8. The van der Waals surface area contributed by atoms with Gasteiger partial charge in [-0.1, -0.05) is 170 Å². The summed E-state index contributed by atoms with van der Waals surface area (Å²) in [6.07, 6.45) is 0. The number of hydrogen-bond donors (Lipinski definition) is 0. The van der Waals surface area contributed by atoms with Crippen molar-refractivity contribution in [1.82, 2.24) is 0 Å². The molecule has 20 rings (SSSR count). The number of fused-ring (bicyclic) bond motifs is 20. The Morgan fingerprint density at radius 1 is 0.231 bits per heavy atom. The Bertz CT molecular complexity index is 6420. The van der Waals surface area contributed by atoms with Crippen molar-refractivity contribution in [2.24, 2.45) is 0 Å². The highest BCUT2D eigenvalue weighted by Gasteiger charge is 2.26. The van der Waals surface area contributed by atoms with Gasteiger partial charge in [-0.05, 0) is 164 Å². The predicted octanol–water partition coefficient (Wildman–Crippen LogP) is 25.9. The summed E-state index contributed by atoms with van der Waals surface area (Å²) < 4.78 is 25.7. The number of rotatable bonds is 8. The molecule has 0 aliphatic rings. The van der Waals surface area contributed by atoms with Crippen LogP contribution in [0.25, 0.3) is 161 Å². The third-order valence-corrected chi connectivity index (χ3v) is 21.1. The van der Waals surface area contributed by atoms with Crippen molar-refractivity contribution in [2.45, 2.75) is 0 Å². The van der Waals surface area contributed by atoms with E-state index in [1.807, 2.05) is 34.8 Å². The van der Waals surface area contributed by atoms with Gasteiger partial charge in [0.1, 0.15) is 22.3 Å². The molecule has 0 N–H and O–H groups in total. The van der Waals surface area contributed by atoms with Crippen molar-refractivity contribution in [2.75, 3.05) is 9.80 Å². The molecule has 7 heteroatoms. The van der Waals surface area contributed by atoms with Crippen molar-refractivity contribution in [3.8, 4) is 22.3 Å². The SMILES string of the molecule is c1ccc(-c2ccc(N(c3cccc4ccccc34)c3cccc4c3oc3ccc5c6cc7ccc(-c8cccc(N(c9ccc%10c(c9)oc9ccccc9%10)c9cccc%10c9oc9ccc%11c%12cc%13ccccc%13cc%12sc%11c9%10)c8)cc7cc6sc5c34)cc2)cc1. The summed E-state index contributed by atoms with van der Waals surface area (Å²) in [6, 6.07) is 105. The Morgan fingerprint density at radius 2 is 0.725 bits per heavy atom. The fourth-order valence-corrected chi connectivity index (χ4v) is 17.1. The van der Waals surface area contributed by atoms with Crippen LogP contribution in [0.3, 0.4) is 0 Å². The van der Waals surface area contributed by atoms with Crippen LogP contribution in [-0.2, 0) is 0 Å². The molecule has 15 aromatic carbocycles. The number of benzene rings is 15. The average Bonchev–Trinajstić information content (AvgIpc) is 1.62. The molecule has 0 bridgehead atoms. The number of nitrogens with zero attached hydrogens (tertiary/aromatic N) is 2. The van der Waals surface area contributed by atoms with Gasteiger partial charge in [-0.25, -0.2) is 0 Å². The fourth-order valence-electron chi connectivity index (χ4n) is 14.5. The zero-order valence-corrected chi connectivity index (χ0v) is 50.3. The molecular weight excluding hydrogens is 1150 g/mol. The molecule has 0 amide bonds. The van der Waals surface area contributed by atoms with Crippen molar-refractivity contribution in [3.05, 3.63) is 291 Å². The molecule has 20 aromatic rings. The van der Waals surface area contributed by atoms with Crippen LogP contribution in [0.2, 0.25) is 0 Å². The van der Waals surface area contributed by atoms with E-state index >= 15 is 0 Å². The summed E-state index contributed by atoms with van der Waals surface area (Å²) in [7, 11) is 0. The second-order valence-electron chi connectivity index (χ2n) is 23.9. The van der Waals surface area contributed by atoms with Crippen LogP contribution in [0.1, 0.15) is 0 Å². The van der Waals surface area contributed by atoms with Crippen molar-refractivity contribution in [3.63, 3.8) is 0 Å². The second kappa shape index (κ2) is 19.5. The number of para-hydroxylation sites is 3. The summed E-state index contributed by atoms with van der Waals surface area (Å²) in [5, 5.41) is 18.8. The van der Waals surface area contributed by atoms with E-state index < -0.39 is 0 Å². The Hall–Kier alpha value is -11.5. The zero-order valence-electron chi connectivity index (χ0n) is 48.6. The van der Waals surface area contributed by atoms with Gasteiger partial charge in [-0.15, -0.1) is 22.7 Å². The maximum absolute atomic E-state index is 7.10. The van der Waals surface area contributed by atoms with E-state index in [0.29, 0.717) is 0 Å². The molecule has 0 unspecified atom stereocenters. The summed E-state index contributed by atoms with van der Waals surface area (Å²) >= 11 is 3.69. The molecule has 0 spiro atoms. The summed E-state index contributed by atoms with van der Waals surface area (Å²) in [6.45, 7) is 0. The molecule has 0 aliphatic carbocycles. The highest BCUT2D eigenvalue weighted by molar-refractivity contribution is 7.27. The predicted molar refractivity (Wildman–Crippen MR) is 387 cm³/mol. The molecule has 0 saturated heterocycles. The smallest absolute Gasteiger partial charge is 0.159 e. The quantitative estimate of drug-likeness (QED) is 0.152. The highest BCUT2D eigenvalue weighted by atomic mass is 32.1. The summed E-state index contributed by atoms with van der Waals surface area (Å²) in [5.74, 6) is 0. The third kappa shape index (κ3) is 7.75. The summed E-state index contributed by atoms with van der Waals surface area (Å²) in [5.41, 5.74) is 15.7. The highest BCUT2D eigenvalue weighted by Crippen LogP contribution is 2.51. The van der Waals surface area contributed by atoms with Gasteiger partial charge in [0.25, 0.3) is 0 Å². The maximum atomic E-state index is 7.10. The molecule has 5 aromatic heterocycles. The molecule has 5 heterocycles. The van der Waals surface area contributed by atoms with E-state index in [1.165, 1.54) is 83.8 Å². The molecule has 0 atom stereocenters. The lowest BCUT2D eigenvalue weighted by Gasteiger charge is -2.27. The first-order valence-corrected chi connectivity index (χ1v) is 32.4. The molecule has 0 aliphatic heterocycles. The van der Waals surface area contributed by atoms with E-state index in [1.54, 1.807) is 0 Å². The van der Waals surface area contributed by atoms with E-state index in [0.717, 1.165) is 111 Å². The van der Waals surface area contributed by atoms with E-state index in [4.69, 9.17) is 13.3 Å². The van der Waals surface area contributed by atoms with Crippen LogP contribution < -0.4 is 9.80 Å². The molecular formula is C84H48N2O3S2. The Balaban J connectivity index is 0.712. The molecule has 424 valence electrons. The van der Waals surface area contributed by atoms with Gasteiger partial charge in [-0.3, -0.25) is 0 Å². The standard InChI is InChI=1S/C84H48N2O3S2/c1-2-14-49(15-3-1)50-32-34-58(35-33-50)86(70-26-11-19-51-16-6-7-22-61(51)70)72-28-13-25-67-80-75(89-82(67)72)41-39-65-69-45-56-31-30-55(42-57(56)47-78(69)91-84(65)80)52-20-10-21-59(43-52)85(60-36-37-63-62-23-8-9-29-73(62)87-76(63)48-60)71-27-12-24-66-79-74(88-81(66)71)40-38-64-68-44-53-17-4-5-18-54(53)46-77(68)90-83(64)79/h1-48H. The topological polar surface area (TPSA) is 45.9 Å². The van der Waals surface area contributed by atoms with E-state index in [-0.39, 0.29) is 0 Å². The number of furan rings is 3. The van der Waals surface area contributed by atoms with E-state index in [2.05, 4.69) is 289 Å². The number of hydrogen-bond acceptors (Lipinski definition) is 7. The Labute approximate surface area is 528 Å². The van der Waals surface area contributed by atoms with Crippen molar-refractivity contribution < 1.29 is 13.3 Å². The monoisotopic (exact) mass is 1200 g/mol. The van der Waals surface area contributed by atoms with Crippen molar-refractivity contribution >= 4 is 195 Å². The van der Waals surface area contributed by atoms with Gasteiger partial charge in [0.2, 0.25) is 0 Å². The lowest BCUT2D eigenvalue weighted by Crippen LogP contribution is -2.10. The van der Waals surface area contributed by atoms with Crippen LogP contribution in [-0.4, -0.2) is 0 Å². The third-order valence-electron chi connectivity index (χ3n) is 18.8. The lowest BCUT2D eigenvalue weighted by atomic mass is 9.99. The first-order chi connectivity index (χ1) is 45.1. The van der Waals surface area contributed by atoms with Gasteiger partial charge in [0, 0.05) is 95.5 Å². The molecule has 5 nitrogen and oxygen atoms in total. The van der Waals surface area contributed by atoms with E-state index in [9.17, 15) is 0 Å². The number of anilines is 6. The molecule has 0 radical (unpaired) electrons. The zero-order chi connectivity index (χ0) is 59.4. The maximum Gasteiger partial charge on any atom is 0.159 e. The van der Waals surface area contributed by atoms with Crippen LogP contribution in [0, 0.1) is 0 Å². The van der Waals surface area contributed by atoms with Gasteiger partial charge >= 0.3 is 0 Å². The summed E-state index contributed by atoms with van der Waals surface area (Å²) in [4.78, 5) is 4.71. The molecule has 91 heavy (non-hydrogen) atoms. The van der Waals surface area contributed by atoms with Crippen LogP contribution >= 0.6 is 22.7 Å². The largest absolute Gasteiger partial charge is 0.456 e. The normalized spacial score (nSPS) is 12.2. The van der Waals surface area contributed by atoms with Crippen LogP contribution in [0.4, 0.5) is 34.1 Å². The first-order valence-electron chi connectivity index (χ1n) is 30.8. The van der Waals surface area contributed by atoms with Crippen molar-refractivity contribution in [1.29, 1.82) is 0 Å². The van der Waals surface area contributed by atoms with Gasteiger partial charge < -0.3 is 23.1 Å². The lowest BCUT2D eigenvalue weighted by molar-refractivity contribution is 0.667. The van der Waals surface area contributed by atoms with Crippen LogP contribution in [0.15, 0.2) is 304 Å². The van der Waals surface area contributed by atoms with Gasteiger partial charge in [-0.2, -0.15) is 0 Å². The average molecular weight is 1200 g/mol. The second-order valence-corrected chi connectivity index (χ2v) is 26.0.